The number of ketones is 1. The molecule has 0 amide bonds. The summed E-state index contributed by atoms with van der Waals surface area (Å²) >= 11 is 0. The van der Waals surface area contributed by atoms with Crippen molar-refractivity contribution in [2.24, 2.45) is 0 Å². The average Bonchev–Trinajstić information content (AvgIpc) is 3.32. The molecule has 1 aliphatic heterocycles. The number of carbonyl (C=O) groups is 2. The Bertz CT molecular complexity index is 1020. The van der Waals surface area contributed by atoms with Gasteiger partial charge >= 0.3 is 5.97 Å². The maximum absolute atomic E-state index is 12.2. The van der Waals surface area contributed by atoms with Crippen LogP contribution in [0.2, 0.25) is 0 Å². The Morgan fingerprint density at radius 3 is 2.78 bits per heavy atom. The lowest BCUT2D eigenvalue weighted by Crippen LogP contribution is -2.15. The number of hydrogen-bond donors (Lipinski definition) is 0. The highest BCUT2D eigenvalue weighted by atomic mass is 16.7. The summed E-state index contributed by atoms with van der Waals surface area (Å²) in [6.45, 7) is 1.88. The number of furan rings is 1. The smallest absolute Gasteiger partial charge is 0.310 e. The van der Waals surface area contributed by atoms with Crippen molar-refractivity contribution in [1.29, 1.82) is 0 Å². The van der Waals surface area contributed by atoms with Gasteiger partial charge in [-0.05, 0) is 36.2 Å². The monoisotopic (exact) mass is 366 g/mol. The standard InChI is InChI=1S/C21H18O6/c1-2-13-3-5-16-15(10-24-19(16)7-13)9-21(23)25-11-17(22)14-4-6-18-20(8-14)27-12-26-18/h3-8,10H,2,9,11-12H2,1H3. The normalized spacial score (nSPS) is 12.3. The number of aryl methyl sites for hydroxylation is 1. The Morgan fingerprint density at radius 2 is 1.93 bits per heavy atom. The van der Waals surface area contributed by atoms with Crippen LogP contribution in [0.4, 0.5) is 0 Å². The maximum Gasteiger partial charge on any atom is 0.310 e. The number of fused-ring (bicyclic) bond motifs is 2. The molecular weight excluding hydrogens is 348 g/mol. The molecule has 0 atom stereocenters. The van der Waals surface area contributed by atoms with Gasteiger partial charge in [0.2, 0.25) is 6.79 Å². The number of esters is 1. The van der Waals surface area contributed by atoms with Gasteiger partial charge in [0.1, 0.15) is 5.58 Å². The Hall–Kier alpha value is -3.28. The van der Waals surface area contributed by atoms with Crippen molar-refractivity contribution in [3.63, 3.8) is 0 Å². The highest BCUT2D eigenvalue weighted by Gasteiger charge is 2.18. The van der Waals surface area contributed by atoms with Crippen molar-refractivity contribution in [3.8, 4) is 11.5 Å². The maximum atomic E-state index is 12.2. The SMILES string of the molecule is CCc1ccc2c(CC(=O)OCC(=O)c3ccc4c(c3)OCO4)coc2c1. The third kappa shape index (κ3) is 3.51. The van der Waals surface area contributed by atoms with Crippen LogP contribution in [0.1, 0.15) is 28.4 Å². The summed E-state index contributed by atoms with van der Waals surface area (Å²) in [6.07, 6.45) is 2.52. The van der Waals surface area contributed by atoms with E-state index in [4.69, 9.17) is 18.6 Å². The summed E-state index contributed by atoms with van der Waals surface area (Å²) in [5.41, 5.74) is 3.06. The topological polar surface area (TPSA) is 75.0 Å². The van der Waals surface area contributed by atoms with Gasteiger partial charge in [-0.25, -0.2) is 0 Å². The lowest BCUT2D eigenvalue weighted by Gasteiger charge is -2.05. The molecule has 3 aromatic rings. The largest absolute Gasteiger partial charge is 0.464 e. The van der Waals surface area contributed by atoms with Crippen molar-refractivity contribution in [2.45, 2.75) is 19.8 Å². The molecule has 0 bridgehead atoms. The van der Waals surface area contributed by atoms with E-state index in [9.17, 15) is 9.59 Å². The predicted octanol–water partition coefficient (Wildman–Crippen LogP) is 3.69. The highest BCUT2D eigenvalue weighted by molar-refractivity contribution is 5.98. The second-order valence-corrected chi connectivity index (χ2v) is 6.27. The minimum Gasteiger partial charge on any atom is -0.464 e. The minimum atomic E-state index is -0.480. The van der Waals surface area contributed by atoms with Crippen molar-refractivity contribution in [3.05, 3.63) is 59.4 Å². The second kappa shape index (κ2) is 7.15. The average molecular weight is 366 g/mol. The molecule has 0 radical (unpaired) electrons. The van der Waals surface area contributed by atoms with Crippen molar-refractivity contribution in [1.82, 2.24) is 0 Å². The molecule has 0 saturated heterocycles. The molecule has 0 fully saturated rings. The lowest BCUT2D eigenvalue weighted by molar-refractivity contribution is -0.141. The molecule has 1 aliphatic rings. The molecule has 0 N–H and O–H groups in total. The van der Waals surface area contributed by atoms with Crippen LogP contribution in [-0.4, -0.2) is 25.2 Å². The second-order valence-electron chi connectivity index (χ2n) is 6.27. The molecule has 0 aliphatic carbocycles. The first-order chi connectivity index (χ1) is 13.1. The molecule has 0 unspecified atom stereocenters. The molecule has 1 aromatic heterocycles. The molecule has 27 heavy (non-hydrogen) atoms. The zero-order valence-corrected chi connectivity index (χ0v) is 14.8. The number of rotatable bonds is 6. The van der Waals surface area contributed by atoms with E-state index in [-0.39, 0.29) is 25.6 Å². The van der Waals surface area contributed by atoms with Crippen molar-refractivity contribution in [2.75, 3.05) is 13.4 Å². The van der Waals surface area contributed by atoms with Gasteiger partial charge in [-0.2, -0.15) is 0 Å². The Morgan fingerprint density at radius 1 is 1.07 bits per heavy atom. The van der Waals surface area contributed by atoms with Crippen LogP contribution in [0.15, 0.2) is 47.1 Å². The zero-order valence-electron chi connectivity index (χ0n) is 14.8. The minimum absolute atomic E-state index is 0.0485. The van der Waals surface area contributed by atoms with E-state index in [1.807, 2.05) is 18.2 Å². The van der Waals surface area contributed by atoms with Gasteiger partial charge < -0.3 is 18.6 Å². The van der Waals surface area contributed by atoms with E-state index < -0.39 is 5.97 Å². The third-order valence-corrected chi connectivity index (χ3v) is 4.52. The van der Waals surface area contributed by atoms with Gasteiger partial charge in [-0.15, -0.1) is 0 Å². The van der Waals surface area contributed by atoms with Gasteiger partial charge in [-0.1, -0.05) is 19.1 Å². The summed E-state index contributed by atoms with van der Waals surface area (Å²) < 4.78 is 21.1. The van der Waals surface area contributed by atoms with Gasteiger partial charge in [-0.3, -0.25) is 9.59 Å². The molecule has 2 aromatic carbocycles. The van der Waals surface area contributed by atoms with Gasteiger partial charge in [0.05, 0.1) is 12.7 Å². The number of carbonyl (C=O) groups excluding carboxylic acids is 2. The van der Waals surface area contributed by atoms with Crippen LogP contribution in [0, 0.1) is 0 Å². The van der Waals surface area contributed by atoms with Crippen LogP contribution in [0.25, 0.3) is 11.0 Å². The number of benzene rings is 2. The molecular formula is C21H18O6. The quantitative estimate of drug-likeness (QED) is 0.489. The van der Waals surface area contributed by atoms with Crippen LogP contribution in [-0.2, 0) is 22.4 Å². The number of hydrogen-bond acceptors (Lipinski definition) is 6. The molecule has 0 saturated carbocycles. The zero-order chi connectivity index (χ0) is 18.8. The van der Waals surface area contributed by atoms with E-state index in [1.165, 1.54) is 5.56 Å². The fourth-order valence-corrected chi connectivity index (χ4v) is 2.99. The van der Waals surface area contributed by atoms with Crippen LogP contribution >= 0.6 is 0 Å². The molecule has 4 rings (SSSR count). The van der Waals surface area contributed by atoms with Crippen molar-refractivity contribution >= 4 is 22.7 Å². The highest BCUT2D eigenvalue weighted by Crippen LogP contribution is 2.32. The summed E-state index contributed by atoms with van der Waals surface area (Å²) in [5, 5.41) is 0.881. The van der Waals surface area contributed by atoms with E-state index >= 15 is 0 Å². The molecule has 6 nitrogen and oxygen atoms in total. The Balaban J connectivity index is 1.38. The van der Waals surface area contributed by atoms with Gasteiger partial charge in [0.25, 0.3) is 0 Å². The lowest BCUT2D eigenvalue weighted by atomic mass is 10.1. The van der Waals surface area contributed by atoms with E-state index in [1.54, 1.807) is 24.5 Å². The molecule has 6 heteroatoms. The predicted molar refractivity (Wildman–Crippen MR) is 97.2 cm³/mol. The molecule has 2 heterocycles. The van der Waals surface area contributed by atoms with Crippen molar-refractivity contribution < 1.29 is 28.2 Å². The van der Waals surface area contributed by atoms with Gasteiger partial charge in [0.15, 0.2) is 23.9 Å². The number of ether oxygens (including phenoxy) is 3. The summed E-state index contributed by atoms with van der Waals surface area (Å²) in [6, 6.07) is 10.8. The van der Waals surface area contributed by atoms with Gasteiger partial charge in [0, 0.05) is 16.5 Å². The van der Waals surface area contributed by atoms with Crippen LogP contribution in [0.3, 0.4) is 0 Å². The Kier molecular flexibility index (Phi) is 4.54. The fraction of sp³-hybridized carbons (Fsp3) is 0.238. The summed E-state index contributed by atoms with van der Waals surface area (Å²) in [7, 11) is 0. The summed E-state index contributed by atoms with van der Waals surface area (Å²) in [5.74, 6) is 0.336. The first-order valence-corrected chi connectivity index (χ1v) is 8.71. The Labute approximate surface area is 155 Å². The molecule has 0 spiro atoms. The van der Waals surface area contributed by atoms with E-state index in [0.717, 1.165) is 23.0 Å². The fourth-order valence-electron chi connectivity index (χ4n) is 2.99. The van der Waals surface area contributed by atoms with E-state index in [0.29, 0.717) is 17.1 Å². The first-order valence-electron chi connectivity index (χ1n) is 8.71. The third-order valence-electron chi connectivity index (χ3n) is 4.52. The molecule has 138 valence electrons. The van der Waals surface area contributed by atoms with Crippen LogP contribution in [0.5, 0.6) is 11.5 Å². The van der Waals surface area contributed by atoms with Crippen LogP contribution < -0.4 is 9.47 Å². The number of Topliss-reactive ketones (excluding diaryl/α,β-unsaturated/α-hetero) is 1. The first kappa shape index (κ1) is 17.1. The van der Waals surface area contributed by atoms with E-state index in [2.05, 4.69) is 6.92 Å². The summed E-state index contributed by atoms with van der Waals surface area (Å²) in [4.78, 5) is 24.4.